The average Bonchev–Trinajstić information content (AvgIpc) is 2.39. The van der Waals surface area contributed by atoms with E-state index in [4.69, 9.17) is 0 Å². The molecular weight excluding hydrogens is 312 g/mol. The Morgan fingerprint density at radius 2 is 1.89 bits per heavy atom. The van der Waals surface area contributed by atoms with Crippen LogP contribution in [0.1, 0.15) is 24.9 Å². The van der Waals surface area contributed by atoms with Crippen LogP contribution in [0, 0.1) is 11.6 Å². The van der Waals surface area contributed by atoms with Crippen LogP contribution in [0.25, 0.3) is 0 Å². The smallest absolute Gasteiger partial charge is 0.128 e. The third-order valence-electron chi connectivity index (χ3n) is 2.95. The monoisotopic (exact) mass is 325 g/mol. The van der Waals surface area contributed by atoms with Crippen LogP contribution in [0.15, 0.2) is 46.9 Å². The Morgan fingerprint density at radius 1 is 1.16 bits per heavy atom. The Hall–Kier alpha value is -1.42. The predicted molar refractivity (Wildman–Crippen MR) is 77.2 cm³/mol. The summed E-state index contributed by atoms with van der Waals surface area (Å²) in [4.78, 5) is 0. The molecule has 0 saturated heterocycles. The second kappa shape index (κ2) is 6.15. The van der Waals surface area contributed by atoms with Gasteiger partial charge in [-0.25, -0.2) is 8.78 Å². The maximum Gasteiger partial charge on any atom is 0.128 e. The van der Waals surface area contributed by atoms with Gasteiger partial charge >= 0.3 is 0 Å². The largest absolute Gasteiger partial charge is 0.377 e. The minimum atomic E-state index is -0.309. The number of benzene rings is 2. The van der Waals surface area contributed by atoms with Crippen molar-refractivity contribution in [3.63, 3.8) is 0 Å². The van der Waals surface area contributed by atoms with Gasteiger partial charge in [0.1, 0.15) is 11.6 Å². The van der Waals surface area contributed by atoms with Crippen molar-refractivity contribution in [3.8, 4) is 0 Å². The lowest BCUT2D eigenvalue weighted by Gasteiger charge is -2.20. The van der Waals surface area contributed by atoms with Crippen LogP contribution in [-0.4, -0.2) is 0 Å². The molecule has 100 valence electrons. The highest BCUT2D eigenvalue weighted by molar-refractivity contribution is 9.10. The first-order valence-corrected chi connectivity index (χ1v) is 6.87. The highest BCUT2D eigenvalue weighted by atomic mass is 79.9. The Morgan fingerprint density at radius 3 is 2.53 bits per heavy atom. The van der Waals surface area contributed by atoms with Gasteiger partial charge in [-0.3, -0.25) is 0 Å². The standard InChI is InChI=1S/C15H14BrF2N/c1-2-14(11-5-3-4-6-13(11)18)19-15-8-7-10(17)9-12(15)16/h3-9,14,19H,2H2,1H3. The fourth-order valence-corrected chi connectivity index (χ4v) is 2.42. The number of halogens is 3. The second-order valence-corrected chi connectivity index (χ2v) is 5.11. The molecule has 0 aliphatic carbocycles. The molecular formula is C15H14BrF2N. The molecule has 0 spiro atoms. The first-order chi connectivity index (χ1) is 9.11. The number of hydrogen-bond donors (Lipinski definition) is 1. The van der Waals surface area contributed by atoms with E-state index in [1.165, 1.54) is 18.2 Å². The van der Waals surface area contributed by atoms with Crippen molar-refractivity contribution in [3.05, 3.63) is 64.1 Å². The van der Waals surface area contributed by atoms with E-state index in [1.54, 1.807) is 18.2 Å². The highest BCUT2D eigenvalue weighted by Crippen LogP contribution is 2.29. The molecule has 1 nitrogen and oxygen atoms in total. The predicted octanol–water partition coefficient (Wildman–Crippen LogP) is 5.29. The van der Waals surface area contributed by atoms with E-state index in [2.05, 4.69) is 21.2 Å². The maximum absolute atomic E-state index is 13.8. The van der Waals surface area contributed by atoms with E-state index >= 15 is 0 Å². The zero-order chi connectivity index (χ0) is 13.8. The maximum atomic E-state index is 13.8. The Balaban J connectivity index is 2.27. The van der Waals surface area contributed by atoms with Gasteiger partial charge in [0.15, 0.2) is 0 Å². The SMILES string of the molecule is CCC(Nc1ccc(F)cc1Br)c1ccccc1F. The minimum absolute atomic E-state index is 0.150. The molecule has 1 unspecified atom stereocenters. The van der Waals surface area contributed by atoms with Gasteiger partial charge in [-0.15, -0.1) is 0 Å². The molecule has 0 aromatic heterocycles. The van der Waals surface area contributed by atoms with Crippen LogP contribution in [0.5, 0.6) is 0 Å². The summed E-state index contributed by atoms with van der Waals surface area (Å²) >= 11 is 3.30. The summed E-state index contributed by atoms with van der Waals surface area (Å²) < 4.78 is 27.4. The summed E-state index contributed by atoms with van der Waals surface area (Å²) in [5, 5.41) is 3.23. The topological polar surface area (TPSA) is 12.0 Å². The molecule has 19 heavy (non-hydrogen) atoms. The number of rotatable bonds is 4. The van der Waals surface area contributed by atoms with Crippen molar-refractivity contribution in [2.24, 2.45) is 0 Å². The van der Waals surface area contributed by atoms with Crippen molar-refractivity contribution >= 4 is 21.6 Å². The van der Waals surface area contributed by atoms with E-state index in [9.17, 15) is 8.78 Å². The number of anilines is 1. The van der Waals surface area contributed by atoms with Gasteiger partial charge in [-0.05, 0) is 46.6 Å². The molecule has 1 atom stereocenters. The molecule has 1 N–H and O–H groups in total. The lowest BCUT2D eigenvalue weighted by atomic mass is 10.0. The van der Waals surface area contributed by atoms with E-state index in [0.29, 0.717) is 10.0 Å². The molecule has 0 aliphatic heterocycles. The van der Waals surface area contributed by atoms with Crippen LogP contribution < -0.4 is 5.32 Å². The van der Waals surface area contributed by atoms with Crippen molar-refractivity contribution in [2.45, 2.75) is 19.4 Å². The molecule has 0 fully saturated rings. The van der Waals surface area contributed by atoms with E-state index in [0.717, 1.165) is 12.1 Å². The molecule has 4 heteroatoms. The van der Waals surface area contributed by atoms with Crippen LogP contribution in [-0.2, 0) is 0 Å². The van der Waals surface area contributed by atoms with Gasteiger partial charge in [0.2, 0.25) is 0 Å². The third kappa shape index (κ3) is 3.32. The first-order valence-electron chi connectivity index (χ1n) is 6.08. The van der Waals surface area contributed by atoms with Gasteiger partial charge < -0.3 is 5.32 Å². The van der Waals surface area contributed by atoms with Crippen molar-refractivity contribution in [2.75, 3.05) is 5.32 Å². The fourth-order valence-electron chi connectivity index (χ4n) is 1.95. The summed E-state index contributed by atoms with van der Waals surface area (Å²) in [6.45, 7) is 1.97. The molecule has 0 heterocycles. The second-order valence-electron chi connectivity index (χ2n) is 4.25. The average molecular weight is 326 g/mol. The Labute approximate surface area is 119 Å². The van der Waals surface area contributed by atoms with Crippen molar-refractivity contribution in [1.82, 2.24) is 0 Å². The van der Waals surface area contributed by atoms with Gasteiger partial charge in [0.25, 0.3) is 0 Å². The highest BCUT2D eigenvalue weighted by Gasteiger charge is 2.14. The van der Waals surface area contributed by atoms with Gasteiger partial charge in [0, 0.05) is 15.7 Å². The Kier molecular flexibility index (Phi) is 4.53. The molecule has 0 bridgehead atoms. The van der Waals surface area contributed by atoms with Crippen molar-refractivity contribution < 1.29 is 8.78 Å². The minimum Gasteiger partial charge on any atom is -0.377 e. The third-order valence-corrected chi connectivity index (χ3v) is 3.61. The molecule has 0 aliphatic rings. The number of hydrogen-bond acceptors (Lipinski definition) is 1. The molecule has 2 rings (SSSR count). The summed E-state index contributed by atoms with van der Waals surface area (Å²) in [7, 11) is 0. The van der Waals surface area contributed by atoms with Crippen LogP contribution in [0.4, 0.5) is 14.5 Å². The van der Waals surface area contributed by atoms with Crippen LogP contribution in [0.3, 0.4) is 0 Å². The normalized spacial score (nSPS) is 12.2. The Bertz CT molecular complexity index is 572. The molecule has 0 radical (unpaired) electrons. The first kappa shape index (κ1) is 14.0. The summed E-state index contributed by atoms with van der Waals surface area (Å²) in [6.07, 6.45) is 0.727. The fraction of sp³-hybridized carbons (Fsp3) is 0.200. The zero-order valence-corrected chi connectivity index (χ0v) is 12.0. The number of nitrogens with one attached hydrogen (secondary N) is 1. The zero-order valence-electron chi connectivity index (χ0n) is 10.5. The van der Waals surface area contributed by atoms with E-state index < -0.39 is 0 Å². The van der Waals surface area contributed by atoms with E-state index in [1.807, 2.05) is 13.0 Å². The van der Waals surface area contributed by atoms with Gasteiger partial charge in [-0.2, -0.15) is 0 Å². The lowest BCUT2D eigenvalue weighted by molar-refractivity contribution is 0.587. The van der Waals surface area contributed by atoms with E-state index in [-0.39, 0.29) is 17.7 Å². The van der Waals surface area contributed by atoms with Crippen molar-refractivity contribution in [1.29, 1.82) is 0 Å². The molecule has 0 saturated carbocycles. The van der Waals surface area contributed by atoms with Crippen LogP contribution >= 0.6 is 15.9 Å². The van der Waals surface area contributed by atoms with Crippen LogP contribution in [0.2, 0.25) is 0 Å². The molecule has 0 amide bonds. The summed E-state index contributed by atoms with van der Waals surface area (Å²) in [5.41, 5.74) is 1.36. The summed E-state index contributed by atoms with van der Waals surface area (Å²) in [6, 6.07) is 10.9. The molecule has 2 aromatic rings. The molecule has 2 aromatic carbocycles. The quantitative estimate of drug-likeness (QED) is 0.805. The lowest BCUT2D eigenvalue weighted by Crippen LogP contribution is -2.11. The summed E-state index contributed by atoms with van der Waals surface area (Å²) in [5.74, 6) is -0.545. The van der Waals surface area contributed by atoms with Gasteiger partial charge in [0.05, 0.1) is 6.04 Å². The van der Waals surface area contributed by atoms with Gasteiger partial charge in [-0.1, -0.05) is 25.1 Å².